The molecular weight excluding hydrogens is 1490 g/mol. The first-order valence-electron chi connectivity index (χ1n) is 57.5. The van der Waals surface area contributed by atoms with Crippen molar-refractivity contribution in [2.75, 3.05) is 4.90 Å². The van der Waals surface area contributed by atoms with Gasteiger partial charge in [-0.1, -0.05) is 652 Å². The number of carbonyl (C=O) groups is 1. The molecule has 0 N–H and O–H groups in total. The lowest BCUT2D eigenvalue weighted by Crippen LogP contribution is -2.43. The Kier molecular flexibility index (Phi) is 62.3. The largest absolute Gasteiger partial charge is 0.307 e. The monoisotopic (exact) mass is 1700 g/mol. The molecule has 4 aliphatic carbocycles. The highest BCUT2D eigenvalue weighted by atomic mass is 16.2. The molecule has 3 aromatic rings. The van der Waals surface area contributed by atoms with E-state index in [2.05, 4.69) is 72.0 Å². The number of carbonyl (C=O) groups excluding carboxylic acids is 1. The fourth-order valence-electron chi connectivity index (χ4n) is 24.8. The van der Waals surface area contributed by atoms with Gasteiger partial charge in [0.1, 0.15) is 5.69 Å². The summed E-state index contributed by atoms with van der Waals surface area (Å²) in [6.45, 7) is 4.82. The van der Waals surface area contributed by atoms with Gasteiger partial charge in [0, 0.05) is 17.0 Å². The highest BCUT2D eigenvalue weighted by Gasteiger charge is 2.48. The van der Waals surface area contributed by atoms with Crippen LogP contribution in [0.3, 0.4) is 0 Å². The van der Waals surface area contributed by atoms with Crippen molar-refractivity contribution in [2.24, 2.45) is 41.4 Å². The van der Waals surface area contributed by atoms with Gasteiger partial charge in [-0.3, -0.25) is 4.79 Å². The molecule has 123 heavy (non-hydrogen) atoms. The molecule has 5 nitrogen and oxygen atoms in total. The number of aromatic nitrogens is 3. The van der Waals surface area contributed by atoms with Crippen LogP contribution in [0, 0.1) is 41.4 Å². The zero-order valence-corrected chi connectivity index (χ0v) is 82.7. The standard InChI is InChI=1S/C118H208N4O/c1-104(2)118(123)121-103-109-99-87-88-100-110(109)116-115(111-101-89-90-102-112(111)121)119-120-122(116)117(113(105-91-79-71-63-55-47-39-31-23-15-7-3-8-16-24-32-40-48-56-64-72-80-92-105)106-93-81-73-65-57-49-41-33-25-17-9-4-10-18-26-34-42-50-58-66-74-82-94-106)114(107-95-83-75-67-59-51-43-35-27-19-11-5-12-20-28-36-44-52-60-68-76-84-96-107)108-97-85-77-69-61-53-45-37-29-21-13-6-14-22-30-38-46-54-62-70-78-86-98-108/h87-90,99-102,104-108,113-114,117H,3-86,91-98,103H2,1-2H3. The third kappa shape index (κ3) is 46.1. The van der Waals surface area contributed by atoms with Crippen molar-refractivity contribution in [2.45, 2.75) is 617 Å². The molecule has 0 unspecified atom stereocenters. The normalized spacial score (nSPS) is 23.0. The van der Waals surface area contributed by atoms with E-state index in [-0.39, 0.29) is 17.9 Å². The summed E-state index contributed by atoms with van der Waals surface area (Å²) in [5, 5.41) is 12.2. The SMILES string of the molecule is CC(C)C(=O)N1Cc2ccccc2-c2c(nnn2C(C(C2CCCCCCCCCCCCCCCCCCCCCCC2)C2CCCCCCCCCCCCCCCCCCCCCCC2)C(C2CCCCCCCCCCCCCCCCCCCCCCC2)C2CCCCCCCCCCCCCCCCCCCCCCC2)-c2ccccc21. The van der Waals surface area contributed by atoms with Crippen LogP contribution >= 0.6 is 0 Å². The second-order valence-electron chi connectivity index (χ2n) is 43.2. The fourth-order valence-corrected chi connectivity index (χ4v) is 24.8. The van der Waals surface area contributed by atoms with Crippen LogP contribution in [0.2, 0.25) is 0 Å². The Bertz CT molecular complexity index is 2570. The van der Waals surface area contributed by atoms with Crippen molar-refractivity contribution < 1.29 is 4.79 Å². The minimum atomic E-state index is -0.132. The third-order valence-electron chi connectivity index (χ3n) is 32.4. The maximum Gasteiger partial charge on any atom is 0.229 e. The van der Waals surface area contributed by atoms with Crippen LogP contribution in [0.25, 0.3) is 22.5 Å². The Balaban J connectivity index is 1.36. The summed E-state index contributed by atoms with van der Waals surface area (Å²) in [6, 6.07) is 19.0. The smallest absolute Gasteiger partial charge is 0.229 e. The number of hydrogen-bond donors (Lipinski definition) is 0. The number of amides is 1. The lowest BCUT2D eigenvalue weighted by atomic mass is 9.60. The summed E-state index contributed by atoms with van der Waals surface area (Å²) in [5.74, 6) is 3.64. The molecule has 1 aliphatic heterocycles. The van der Waals surface area contributed by atoms with Crippen molar-refractivity contribution >= 4 is 11.6 Å². The molecule has 1 aromatic heterocycles. The van der Waals surface area contributed by atoms with E-state index in [4.69, 9.17) is 10.3 Å². The number of para-hydroxylation sites is 1. The third-order valence-corrected chi connectivity index (χ3v) is 32.4. The van der Waals surface area contributed by atoms with Crippen LogP contribution in [0.4, 0.5) is 5.69 Å². The summed E-state index contributed by atoms with van der Waals surface area (Å²) in [5.41, 5.74) is 7.10. The second-order valence-corrected chi connectivity index (χ2v) is 43.2. The predicted molar refractivity (Wildman–Crippen MR) is 542 cm³/mol. The first-order chi connectivity index (χ1) is 61.1. The van der Waals surface area contributed by atoms with E-state index in [1.54, 1.807) is 0 Å². The van der Waals surface area contributed by atoms with Crippen LogP contribution in [0.1, 0.15) is 616 Å². The number of rotatable bonds is 8. The summed E-state index contributed by atoms with van der Waals surface area (Å²) in [4.78, 5) is 17.3. The van der Waals surface area contributed by atoms with E-state index in [0.29, 0.717) is 42.1 Å². The first-order valence-corrected chi connectivity index (χ1v) is 57.5. The van der Waals surface area contributed by atoms with E-state index in [1.807, 2.05) is 0 Å². The maximum absolute atomic E-state index is 15.2. The summed E-state index contributed by atoms with van der Waals surface area (Å²) in [6.07, 6.45) is 132. The Morgan fingerprint density at radius 1 is 0.252 bits per heavy atom. The highest BCUT2D eigenvalue weighted by Crippen LogP contribution is 2.55. The van der Waals surface area contributed by atoms with E-state index in [9.17, 15) is 0 Å². The van der Waals surface area contributed by atoms with Crippen molar-refractivity contribution in [1.29, 1.82) is 0 Å². The summed E-state index contributed by atoms with van der Waals surface area (Å²) >= 11 is 0. The number of nitrogens with zero attached hydrogens (tertiary/aromatic N) is 4. The number of hydrogen-bond acceptors (Lipinski definition) is 3. The molecular formula is C118H208N4O. The highest BCUT2D eigenvalue weighted by molar-refractivity contribution is 6.01. The Morgan fingerprint density at radius 2 is 0.439 bits per heavy atom. The van der Waals surface area contributed by atoms with Gasteiger partial charge in [-0.25, -0.2) is 4.68 Å². The van der Waals surface area contributed by atoms with Gasteiger partial charge in [-0.2, -0.15) is 0 Å². The average Bonchev–Trinajstić information content (AvgIpc) is 1.63. The van der Waals surface area contributed by atoms with Gasteiger partial charge < -0.3 is 4.90 Å². The van der Waals surface area contributed by atoms with E-state index in [1.165, 1.54) is 608 Å². The Morgan fingerprint density at radius 3 is 0.650 bits per heavy atom. The van der Waals surface area contributed by atoms with E-state index < -0.39 is 0 Å². The molecule has 0 spiro atoms. The van der Waals surface area contributed by atoms with Crippen molar-refractivity contribution in [3.63, 3.8) is 0 Å². The molecule has 2 aromatic carbocycles. The molecule has 4 saturated carbocycles. The molecule has 8 rings (SSSR count). The molecule has 0 saturated heterocycles. The predicted octanol–water partition coefficient (Wildman–Crippen LogP) is 40.3. The van der Waals surface area contributed by atoms with Crippen molar-refractivity contribution in [3.8, 4) is 22.5 Å². The van der Waals surface area contributed by atoms with Gasteiger partial charge in [0.05, 0.1) is 24.0 Å². The fraction of sp³-hybridized carbons (Fsp3) is 0.873. The van der Waals surface area contributed by atoms with Gasteiger partial charge >= 0.3 is 0 Å². The Labute approximate surface area is 766 Å². The molecule has 706 valence electrons. The molecule has 5 aliphatic rings. The quantitative estimate of drug-likeness (QED) is 0.226. The Hall–Kier alpha value is -2.95. The van der Waals surface area contributed by atoms with Gasteiger partial charge in [-0.15, -0.1) is 5.10 Å². The van der Waals surface area contributed by atoms with Crippen LogP contribution in [0.15, 0.2) is 48.5 Å². The van der Waals surface area contributed by atoms with Gasteiger partial charge in [-0.05, 0) is 47.1 Å². The number of anilines is 1. The van der Waals surface area contributed by atoms with Crippen LogP contribution in [0.5, 0.6) is 0 Å². The van der Waals surface area contributed by atoms with Crippen LogP contribution in [-0.2, 0) is 11.3 Å². The minimum absolute atomic E-state index is 0.132. The van der Waals surface area contributed by atoms with E-state index >= 15 is 4.79 Å². The minimum Gasteiger partial charge on any atom is -0.307 e. The molecule has 2 heterocycles. The maximum atomic E-state index is 15.2. The lowest BCUT2D eigenvalue weighted by molar-refractivity contribution is -0.121. The molecule has 4 fully saturated rings. The molecule has 0 bridgehead atoms. The number of benzene rings is 2. The zero-order valence-electron chi connectivity index (χ0n) is 82.7. The van der Waals surface area contributed by atoms with Crippen molar-refractivity contribution in [1.82, 2.24) is 15.0 Å². The second kappa shape index (κ2) is 72.7. The molecule has 0 atom stereocenters. The van der Waals surface area contributed by atoms with Gasteiger partial charge in [0.25, 0.3) is 0 Å². The number of fused-ring (bicyclic) bond motifs is 5. The molecule has 1 amide bonds. The van der Waals surface area contributed by atoms with Gasteiger partial charge in [0.2, 0.25) is 5.91 Å². The molecule has 0 radical (unpaired) electrons. The summed E-state index contributed by atoms with van der Waals surface area (Å²) in [7, 11) is 0. The zero-order chi connectivity index (χ0) is 85.6. The average molecular weight is 1700 g/mol. The first kappa shape index (κ1) is 105. The van der Waals surface area contributed by atoms with Crippen molar-refractivity contribution in [3.05, 3.63) is 54.1 Å². The molecule has 5 heteroatoms. The topological polar surface area (TPSA) is 51.0 Å². The lowest BCUT2D eigenvalue weighted by Gasteiger charge is -2.48. The van der Waals surface area contributed by atoms with Gasteiger partial charge in [0.15, 0.2) is 0 Å². The van der Waals surface area contributed by atoms with Crippen LogP contribution in [-0.4, -0.2) is 20.9 Å². The van der Waals surface area contributed by atoms with E-state index in [0.717, 1.165) is 16.9 Å². The summed E-state index contributed by atoms with van der Waals surface area (Å²) < 4.78 is 2.93. The van der Waals surface area contributed by atoms with Crippen LogP contribution < -0.4 is 4.90 Å².